The smallest absolute Gasteiger partial charge is 0.434 e. The highest BCUT2D eigenvalue weighted by Gasteiger charge is 2.21. The Labute approximate surface area is 72.9 Å². The van der Waals surface area contributed by atoms with Crippen molar-refractivity contribution in [2.24, 2.45) is 0 Å². The van der Waals surface area contributed by atoms with Crippen LogP contribution >= 0.6 is 0 Å². The van der Waals surface area contributed by atoms with Gasteiger partial charge < -0.3 is 9.52 Å². The van der Waals surface area contributed by atoms with Gasteiger partial charge in [0, 0.05) is 5.56 Å². The molecule has 70 valence electrons. The number of nitro groups is 1. The van der Waals surface area contributed by atoms with Crippen LogP contribution in [0.2, 0.25) is 0 Å². The van der Waals surface area contributed by atoms with Gasteiger partial charge in [0.15, 0.2) is 0 Å². The minimum atomic E-state index is -1.29. The summed E-state index contributed by atoms with van der Waals surface area (Å²) in [5.74, 6) is -2.17. The number of nitrogens with zero attached hydrogens (tertiary/aromatic N) is 1. The van der Waals surface area contributed by atoms with E-state index in [1.807, 2.05) is 0 Å². The molecule has 6 nitrogen and oxygen atoms in total. The van der Waals surface area contributed by atoms with Crippen LogP contribution < -0.4 is 0 Å². The van der Waals surface area contributed by atoms with E-state index in [0.29, 0.717) is 12.0 Å². The minimum absolute atomic E-state index is 0.333. The van der Waals surface area contributed by atoms with E-state index in [4.69, 9.17) is 5.11 Å². The summed E-state index contributed by atoms with van der Waals surface area (Å²) in [6, 6.07) is 1.13. The Hall–Kier alpha value is -1.85. The fraction of sp³-hybridized carbons (Fsp3) is 0.286. The van der Waals surface area contributed by atoms with Crippen LogP contribution in [0.1, 0.15) is 23.0 Å². The molecular weight excluding hydrogens is 178 g/mol. The molecule has 1 rings (SSSR count). The molecule has 0 saturated heterocycles. The number of furan rings is 1. The van der Waals surface area contributed by atoms with Gasteiger partial charge >= 0.3 is 11.9 Å². The molecule has 0 fully saturated rings. The molecule has 0 aliphatic heterocycles. The Bertz CT molecular complexity index is 354. The van der Waals surface area contributed by atoms with Crippen molar-refractivity contribution in [3.63, 3.8) is 0 Å². The molecule has 13 heavy (non-hydrogen) atoms. The number of hydrogen-bond donors (Lipinski definition) is 1. The Kier molecular flexibility index (Phi) is 2.32. The molecule has 0 bridgehead atoms. The maximum atomic E-state index is 10.5. The van der Waals surface area contributed by atoms with Crippen molar-refractivity contribution in [2.45, 2.75) is 13.3 Å². The summed E-state index contributed by atoms with van der Waals surface area (Å²) in [6.45, 7) is 1.70. The topological polar surface area (TPSA) is 93.6 Å². The van der Waals surface area contributed by atoms with Crippen LogP contribution in [-0.4, -0.2) is 16.0 Å². The van der Waals surface area contributed by atoms with E-state index in [-0.39, 0.29) is 5.76 Å². The molecule has 0 radical (unpaired) electrons. The molecule has 0 spiro atoms. The van der Waals surface area contributed by atoms with E-state index >= 15 is 0 Å². The number of hydrogen-bond acceptors (Lipinski definition) is 4. The quantitative estimate of drug-likeness (QED) is 0.568. The van der Waals surface area contributed by atoms with E-state index < -0.39 is 16.8 Å². The van der Waals surface area contributed by atoms with Gasteiger partial charge in [-0.1, -0.05) is 6.92 Å². The SMILES string of the molecule is CCc1cc([N+](=O)[O-])oc1C(=O)O. The third kappa shape index (κ3) is 1.66. The largest absolute Gasteiger partial charge is 0.475 e. The molecule has 1 heterocycles. The number of rotatable bonds is 3. The molecule has 0 atom stereocenters. The number of carbonyl (C=O) groups is 1. The van der Waals surface area contributed by atoms with Crippen molar-refractivity contribution in [3.8, 4) is 0 Å². The van der Waals surface area contributed by atoms with Crippen LogP contribution in [0.15, 0.2) is 10.5 Å². The lowest BCUT2D eigenvalue weighted by Gasteiger charge is -1.89. The minimum Gasteiger partial charge on any atom is -0.475 e. The Balaban J connectivity index is 3.19. The van der Waals surface area contributed by atoms with Crippen molar-refractivity contribution in [1.82, 2.24) is 0 Å². The van der Waals surface area contributed by atoms with Crippen molar-refractivity contribution in [1.29, 1.82) is 0 Å². The molecule has 6 heteroatoms. The van der Waals surface area contributed by atoms with Crippen LogP contribution in [0.25, 0.3) is 0 Å². The molecule has 0 amide bonds. The summed E-state index contributed by atoms with van der Waals surface area (Å²) in [4.78, 5) is 20.0. The Morgan fingerprint density at radius 1 is 1.77 bits per heavy atom. The summed E-state index contributed by atoms with van der Waals surface area (Å²) < 4.78 is 4.53. The second-order valence-electron chi connectivity index (χ2n) is 2.35. The van der Waals surface area contributed by atoms with E-state index in [2.05, 4.69) is 4.42 Å². The van der Waals surface area contributed by atoms with Crippen molar-refractivity contribution in [3.05, 3.63) is 27.5 Å². The zero-order valence-electron chi connectivity index (χ0n) is 6.81. The second-order valence-corrected chi connectivity index (χ2v) is 2.35. The van der Waals surface area contributed by atoms with E-state index in [9.17, 15) is 14.9 Å². The zero-order chi connectivity index (χ0) is 10.0. The number of carboxylic acids is 1. The maximum Gasteiger partial charge on any atom is 0.434 e. The van der Waals surface area contributed by atoms with Gasteiger partial charge in [0.1, 0.15) is 4.92 Å². The maximum absolute atomic E-state index is 10.5. The average molecular weight is 185 g/mol. The molecule has 0 saturated carbocycles. The van der Waals surface area contributed by atoms with Gasteiger partial charge in [0.05, 0.1) is 6.07 Å². The predicted octanol–water partition coefficient (Wildman–Crippen LogP) is 1.45. The Morgan fingerprint density at radius 3 is 2.69 bits per heavy atom. The fourth-order valence-electron chi connectivity index (χ4n) is 0.948. The average Bonchev–Trinajstić information content (AvgIpc) is 2.47. The molecular formula is C7H7NO5. The van der Waals surface area contributed by atoms with Crippen LogP contribution in [-0.2, 0) is 6.42 Å². The number of carboxylic acid groups (broad SMARTS) is 1. The molecule has 1 aromatic rings. The third-order valence-corrected chi connectivity index (χ3v) is 1.55. The van der Waals surface area contributed by atoms with Gasteiger partial charge in [-0.3, -0.25) is 10.1 Å². The Morgan fingerprint density at radius 2 is 2.38 bits per heavy atom. The van der Waals surface area contributed by atoms with E-state index in [1.54, 1.807) is 6.92 Å². The zero-order valence-corrected chi connectivity index (χ0v) is 6.81. The molecule has 0 aromatic carbocycles. The van der Waals surface area contributed by atoms with Crippen LogP contribution in [0, 0.1) is 10.1 Å². The lowest BCUT2D eigenvalue weighted by molar-refractivity contribution is -0.402. The van der Waals surface area contributed by atoms with Gasteiger partial charge in [-0.25, -0.2) is 4.79 Å². The first kappa shape index (κ1) is 9.24. The van der Waals surface area contributed by atoms with Crippen molar-refractivity contribution >= 4 is 11.9 Å². The normalized spacial score (nSPS) is 9.92. The van der Waals surface area contributed by atoms with Gasteiger partial charge in [0.2, 0.25) is 5.76 Å². The van der Waals surface area contributed by atoms with Crippen molar-refractivity contribution in [2.75, 3.05) is 0 Å². The van der Waals surface area contributed by atoms with E-state index in [0.717, 1.165) is 6.07 Å². The lowest BCUT2D eigenvalue weighted by atomic mass is 10.2. The summed E-state index contributed by atoms with van der Waals surface area (Å²) in [5, 5.41) is 18.8. The predicted molar refractivity (Wildman–Crippen MR) is 41.7 cm³/mol. The molecule has 1 N–H and O–H groups in total. The molecule has 0 aliphatic rings. The van der Waals surface area contributed by atoms with Crippen molar-refractivity contribution < 1.29 is 19.2 Å². The first-order valence-electron chi connectivity index (χ1n) is 3.56. The first-order chi connectivity index (χ1) is 6.06. The summed E-state index contributed by atoms with van der Waals surface area (Å²) in [6.07, 6.45) is 0.388. The number of aryl methyl sites for hydroxylation is 1. The van der Waals surface area contributed by atoms with Crippen LogP contribution in [0.4, 0.5) is 5.88 Å². The van der Waals surface area contributed by atoms with Gasteiger partial charge in [-0.05, 0) is 6.42 Å². The molecule has 0 unspecified atom stereocenters. The highest BCUT2D eigenvalue weighted by atomic mass is 16.6. The third-order valence-electron chi connectivity index (χ3n) is 1.55. The van der Waals surface area contributed by atoms with Crippen LogP contribution in [0.3, 0.4) is 0 Å². The summed E-state index contributed by atoms with van der Waals surface area (Å²) in [7, 11) is 0. The number of aromatic carboxylic acids is 1. The van der Waals surface area contributed by atoms with Crippen LogP contribution in [0.5, 0.6) is 0 Å². The van der Waals surface area contributed by atoms with Gasteiger partial charge in [-0.15, -0.1) is 0 Å². The molecule has 1 aromatic heterocycles. The fourth-order valence-corrected chi connectivity index (χ4v) is 0.948. The lowest BCUT2D eigenvalue weighted by Crippen LogP contribution is -1.97. The molecule has 0 aliphatic carbocycles. The highest BCUT2D eigenvalue weighted by Crippen LogP contribution is 2.21. The monoisotopic (exact) mass is 185 g/mol. The van der Waals surface area contributed by atoms with E-state index in [1.165, 1.54) is 0 Å². The highest BCUT2D eigenvalue weighted by molar-refractivity contribution is 5.86. The summed E-state index contributed by atoms with van der Waals surface area (Å²) in [5.41, 5.74) is 0.333. The van der Waals surface area contributed by atoms with Gasteiger partial charge in [0.25, 0.3) is 0 Å². The second kappa shape index (κ2) is 3.26. The van der Waals surface area contributed by atoms with Gasteiger partial charge in [-0.2, -0.15) is 0 Å². The first-order valence-corrected chi connectivity index (χ1v) is 3.56. The summed E-state index contributed by atoms with van der Waals surface area (Å²) >= 11 is 0. The standard InChI is InChI=1S/C7H7NO5/c1-2-4-3-5(8(11)12)13-6(4)7(9)10/h3H,2H2,1H3,(H,9,10).